The molecular formula is C14H22N6O7S3. The Kier molecular flexibility index (Phi) is 8.48. The van der Waals surface area contributed by atoms with Gasteiger partial charge in [-0.2, -0.15) is 4.31 Å². The van der Waals surface area contributed by atoms with Crippen LogP contribution in [0.5, 0.6) is 0 Å². The number of carbonyl (C=O) groups is 3. The number of amides is 3. The van der Waals surface area contributed by atoms with Crippen LogP contribution in [0.1, 0.15) is 6.92 Å². The van der Waals surface area contributed by atoms with Gasteiger partial charge in [0.15, 0.2) is 5.71 Å². The van der Waals surface area contributed by atoms with Crippen LogP contribution < -0.4 is 0 Å². The van der Waals surface area contributed by atoms with E-state index in [2.05, 4.69) is 15.1 Å². The molecule has 0 atom stereocenters. The summed E-state index contributed by atoms with van der Waals surface area (Å²) in [5, 5.41) is 8.64. The standard InChI is InChI=1S/C14H22N6O7S3/c1-9(15-24-6)10(11(21)17(2)3)16-26-13(23)20-14(28-7-25-8-29-14)19(5)27-12(22)18(4)30-20/h7-8H2,1-6H3. The molecule has 0 radical (unpaired) electrons. The quantitative estimate of drug-likeness (QED) is 0.250. The van der Waals surface area contributed by atoms with Gasteiger partial charge < -0.3 is 19.3 Å². The van der Waals surface area contributed by atoms with Gasteiger partial charge in [0, 0.05) is 28.2 Å². The second kappa shape index (κ2) is 10.4. The number of nitrogens with zero attached hydrogens (tertiary/aromatic N) is 6. The number of rotatable bonds is 4. The molecule has 2 aliphatic rings. The molecule has 0 aromatic heterocycles. The molecular weight excluding hydrogens is 460 g/mol. The van der Waals surface area contributed by atoms with Gasteiger partial charge in [-0.3, -0.25) is 9.63 Å². The molecule has 0 N–H and O–H groups in total. The van der Waals surface area contributed by atoms with Gasteiger partial charge >= 0.3 is 12.2 Å². The summed E-state index contributed by atoms with van der Waals surface area (Å²) < 4.78 is 6.45. The van der Waals surface area contributed by atoms with Gasteiger partial charge in [-0.15, -0.1) is 0 Å². The molecule has 0 aromatic carbocycles. The Labute approximate surface area is 186 Å². The summed E-state index contributed by atoms with van der Waals surface area (Å²) in [5.41, 5.74) is -0.102. The molecule has 2 heterocycles. The van der Waals surface area contributed by atoms with Crippen molar-refractivity contribution in [2.45, 2.75) is 11.3 Å². The van der Waals surface area contributed by atoms with Crippen LogP contribution in [0.2, 0.25) is 0 Å². The SMILES string of the molecule is CON=C(C)C(=NOC(=O)N1SN(C)C(=O)ON(C)C12SCOCS2)C(=O)N(C)C. The lowest BCUT2D eigenvalue weighted by atomic mass is 10.2. The van der Waals surface area contributed by atoms with Crippen molar-refractivity contribution in [3.05, 3.63) is 0 Å². The third-order valence-electron chi connectivity index (χ3n) is 3.55. The zero-order valence-electron chi connectivity index (χ0n) is 17.2. The van der Waals surface area contributed by atoms with Crippen LogP contribution in [0.4, 0.5) is 9.59 Å². The van der Waals surface area contributed by atoms with E-state index in [9.17, 15) is 14.4 Å². The Balaban J connectivity index is 2.36. The topological polar surface area (TPSA) is 126 Å². The number of carbonyl (C=O) groups excluding carboxylic acids is 3. The Bertz CT molecular complexity index is 744. The maximum Gasteiger partial charge on any atom is 0.450 e. The van der Waals surface area contributed by atoms with Gasteiger partial charge in [0.25, 0.3) is 5.91 Å². The number of oxime groups is 2. The first kappa shape index (κ1) is 24.4. The lowest BCUT2D eigenvalue weighted by Crippen LogP contribution is -2.54. The van der Waals surface area contributed by atoms with Crippen LogP contribution in [-0.4, -0.2) is 99.6 Å². The average molecular weight is 483 g/mol. The normalized spacial score (nSPS) is 20.5. The van der Waals surface area contributed by atoms with E-state index < -0.39 is 22.4 Å². The minimum Gasteiger partial charge on any atom is -0.399 e. The minimum atomic E-state index is -1.18. The van der Waals surface area contributed by atoms with E-state index in [1.807, 2.05) is 0 Å². The molecule has 0 aromatic rings. The maximum atomic E-state index is 13.0. The van der Waals surface area contributed by atoms with Crippen molar-refractivity contribution in [1.29, 1.82) is 0 Å². The van der Waals surface area contributed by atoms with Crippen LogP contribution in [0.15, 0.2) is 10.3 Å². The van der Waals surface area contributed by atoms with Crippen molar-refractivity contribution in [2.24, 2.45) is 10.3 Å². The van der Waals surface area contributed by atoms with Crippen molar-refractivity contribution in [2.75, 3.05) is 47.2 Å². The third kappa shape index (κ3) is 5.23. The second-order valence-electron chi connectivity index (χ2n) is 5.86. The highest BCUT2D eigenvalue weighted by atomic mass is 32.2. The fraction of sp³-hybridized carbons (Fsp3) is 0.643. The van der Waals surface area contributed by atoms with Crippen molar-refractivity contribution in [1.82, 2.24) is 18.6 Å². The fourth-order valence-electron chi connectivity index (χ4n) is 2.10. The molecule has 2 aliphatic heterocycles. The first-order chi connectivity index (χ1) is 14.1. The predicted molar refractivity (Wildman–Crippen MR) is 113 cm³/mol. The summed E-state index contributed by atoms with van der Waals surface area (Å²) in [4.78, 5) is 53.8. The van der Waals surface area contributed by atoms with Crippen molar-refractivity contribution in [3.8, 4) is 0 Å². The van der Waals surface area contributed by atoms with E-state index >= 15 is 0 Å². The molecule has 0 unspecified atom stereocenters. The zero-order chi connectivity index (χ0) is 22.5. The molecule has 30 heavy (non-hydrogen) atoms. The van der Waals surface area contributed by atoms with Gasteiger partial charge in [-0.1, -0.05) is 38.9 Å². The van der Waals surface area contributed by atoms with Crippen LogP contribution >= 0.6 is 35.7 Å². The lowest BCUT2D eigenvalue weighted by molar-refractivity contribution is -0.121. The number of hydrogen-bond donors (Lipinski definition) is 0. The number of ether oxygens (including phenoxy) is 1. The number of hydroxylamine groups is 2. The van der Waals surface area contributed by atoms with Crippen LogP contribution in [-0.2, 0) is 24.0 Å². The summed E-state index contributed by atoms with van der Waals surface area (Å²) in [6.07, 6.45) is -1.62. The van der Waals surface area contributed by atoms with Crippen molar-refractivity contribution < 1.29 is 33.6 Å². The fourth-order valence-corrected chi connectivity index (χ4v) is 5.47. The Hall–Kier alpha value is -1.88. The highest BCUT2D eigenvalue weighted by Crippen LogP contribution is 2.51. The smallest absolute Gasteiger partial charge is 0.399 e. The van der Waals surface area contributed by atoms with Gasteiger partial charge in [-0.25, -0.2) is 13.9 Å². The summed E-state index contributed by atoms with van der Waals surface area (Å²) >= 11 is 3.19. The molecule has 13 nitrogen and oxygen atoms in total. The zero-order valence-corrected chi connectivity index (χ0v) is 19.6. The Morgan fingerprint density at radius 3 is 2.40 bits per heavy atom. The van der Waals surface area contributed by atoms with Crippen LogP contribution in [0.3, 0.4) is 0 Å². The number of hydrogen-bond acceptors (Lipinski definition) is 13. The molecule has 16 heteroatoms. The van der Waals surface area contributed by atoms with Gasteiger partial charge in [0.05, 0.1) is 24.0 Å². The van der Waals surface area contributed by atoms with E-state index in [1.54, 1.807) is 0 Å². The molecule has 0 saturated carbocycles. The first-order valence-corrected chi connectivity index (χ1v) is 11.0. The largest absolute Gasteiger partial charge is 0.450 e. The Morgan fingerprint density at radius 2 is 1.83 bits per heavy atom. The molecule has 168 valence electrons. The first-order valence-electron chi connectivity index (χ1n) is 8.26. The lowest BCUT2D eigenvalue weighted by Gasteiger charge is -2.43. The molecule has 0 bridgehead atoms. The monoisotopic (exact) mass is 482 g/mol. The highest BCUT2D eigenvalue weighted by Gasteiger charge is 2.54. The van der Waals surface area contributed by atoms with Gasteiger partial charge in [0.1, 0.15) is 12.8 Å². The van der Waals surface area contributed by atoms with Crippen molar-refractivity contribution in [3.63, 3.8) is 0 Å². The molecule has 0 aliphatic carbocycles. The van der Waals surface area contributed by atoms with E-state index in [0.717, 1.165) is 16.4 Å². The summed E-state index contributed by atoms with van der Waals surface area (Å²) in [6.45, 7) is 1.48. The Morgan fingerprint density at radius 1 is 1.20 bits per heavy atom. The third-order valence-corrected chi connectivity index (χ3v) is 7.66. The molecule has 2 saturated heterocycles. The van der Waals surface area contributed by atoms with Crippen LogP contribution in [0.25, 0.3) is 0 Å². The van der Waals surface area contributed by atoms with E-state index in [0.29, 0.717) is 0 Å². The molecule has 1 spiro atoms. The minimum absolute atomic E-state index is 0.116. The van der Waals surface area contributed by atoms with E-state index in [-0.39, 0.29) is 23.3 Å². The average Bonchev–Trinajstić information content (AvgIpc) is 2.79. The second-order valence-corrected chi connectivity index (χ2v) is 9.38. The van der Waals surface area contributed by atoms with E-state index in [1.165, 1.54) is 80.0 Å². The molecule has 3 amide bonds. The van der Waals surface area contributed by atoms with Gasteiger partial charge in [0.2, 0.25) is 4.33 Å². The van der Waals surface area contributed by atoms with Crippen molar-refractivity contribution >= 4 is 65.2 Å². The summed E-state index contributed by atoms with van der Waals surface area (Å²) in [6, 6.07) is 0. The molecule has 2 rings (SSSR count). The maximum absolute atomic E-state index is 13.0. The molecule has 2 fully saturated rings. The summed E-state index contributed by atoms with van der Waals surface area (Å²) in [7, 11) is 7.30. The highest BCUT2D eigenvalue weighted by molar-refractivity contribution is 8.19. The van der Waals surface area contributed by atoms with Gasteiger partial charge in [-0.05, 0) is 6.92 Å². The van der Waals surface area contributed by atoms with Crippen LogP contribution in [0, 0.1) is 0 Å². The predicted octanol–water partition coefficient (Wildman–Crippen LogP) is 1.41. The number of thioether (sulfide) groups is 2. The summed E-state index contributed by atoms with van der Waals surface area (Å²) in [5.74, 6) is -0.0475. The van der Waals surface area contributed by atoms with E-state index in [4.69, 9.17) is 14.4 Å².